The Labute approximate surface area is 185 Å². The number of fused-ring (bicyclic) bond motifs is 1. The van der Waals surface area contributed by atoms with Crippen LogP contribution in [0.25, 0.3) is 16.6 Å². The number of carbonyl (C=O) groups excluding carboxylic acids is 1. The lowest BCUT2D eigenvalue weighted by molar-refractivity contribution is 0.0735. The highest BCUT2D eigenvalue weighted by molar-refractivity contribution is 5.97. The summed E-state index contributed by atoms with van der Waals surface area (Å²) < 4.78 is 19.3. The first-order valence-electron chi connectivity index (χ1n) is 10.6. The van der Waals surface area contributed by atoms with E-state index in [9.17, 15) is 9.18 Å². The predicted octanol–water partition coefficient (Wildman–Crippen LogP) is 3.25. The second kappa shape index (κ2) is 8.47. The minimum Gasteiger partial charge on any atom is -0.495 e. The monoisotopic (exact) mass is 433 g/mol. The van der Waals surface area contributed by atoms with Gasteiger partial charge >= 0.3 is 0 Å². The lowest BCUT2D eigenvalue weighted by atomic mass is 10.1. The van der Waals surface area contributed by atoms with Crippen molar-refractivity contribution in [2.24, 2.45) is 4.99 Å². The number of carbonyl (C=O) groups is 1. The molecule has 32 heavy (non-hydrogen) atoms. The van der Waals surface area contributed by atoms with Crippen molar-refractivity contribution in [2.45, 2.75) is 0 Å². The van der Waals surface area contributed by atoms with Gasteiger partial charge in [0.1, 0.15) is 11.6 Å². The lowest BCUT2D eigenvalue weighted by Crippen LogP contribution is -2.46. The van der Waals surface area contributed by atoms with E-state index in [0.717, 1.165) is 41.1 Å². The number of hydrogen-bond acceptors (Lipinski definition) is 5. The van der Waals surface area contributed by atoms with Crippen LogP contribution in [0, 0.1) is 5.82 Å². The molecule has 2 aliphatic rings. The molecule has 5 rings (SSSR count). The molecule has 2 N–H and O–H groups in total. The third kappa shape index (κ3) is 3.73. The van der Waals surface area contributed by atoms with E-state index in [1.807, 2.05) is 29.3 Å². The summed E-state index contributed by atoms with van der Waals surface area (Å²) in [7, 11) is 1.60. The highest BCUT2D eigenvalue weighted by Gasteiger charge is 2.24. The molecular weight excluding hydrogens is 409 g/mol. The second-order valence-electron chi connectivity index (χ2n) is 7.80. The number of H-pyrrole nitrogens is 1. The topological polar surface area (TPSA) is 73.0 Å². The van der Waals surface area contributed by atoms with Crippen LogP contribution in [-0.4, -0.2) is 61.8 Å². The van der Waals surface area contributed by atoms with E-state index in [-0.39, 0.29) is 11.7 Å². The van der Waals surface area contributed by atoms with Crippen molar-refractivity contribution in [3.05, 3.63) is 65.7 Å². The predicted molar refractivity (Wildman–Crippen MR) is 124 cm³/mol. The first-order chi connectivity index (χ1) is 15.6. The number of anilines is 1. The summed E-state index contributed by atoms with van der Waals surface area (Å²) in [6.07, 6.45) is 3.58. The molecule has 0 unspecified atom stereocenters. The molecule has 8 heteroatoms. The number of methoxy groups -OCH3 is 1. The molecule has 164 valence electrons. The zero-order valence-electron chi connectivity index (χ0n) is 17.8. The maximum Gasteiger partial charge on any atom is 0.254 e. The average molecular weight is 433 g/mol. The molecule has 0 aliphatic carbocycles. The van der Waals surface area contributed by atoms with E-state index in [2.05, 4.69) is 20.2 Å². The minimum atomic E-state index is -0.276. The van der Waals surface area contributed by atoms with Crippen molar-refractivity contribution in [2.75, 3.05) is 44.7 Å². The molecule has 7 nitrogen and oxygen atoms in total. The Balaban J connectivity index is 1.48. The summed E-state index contributed by atoms with van der Waals surface area (Å²) in [6, 6.07) is 12.1. The number of nitrogens with zero attached hydrogens (tertiary/aromatic N) is 3. The Morgan fingerprint density at radius 3 is 2.78 bits per heavy atom. The van der Waals surface area contributed by atoms with Gasteiger partial charge in [0.25, 0.3) is 5.91 Å². The summed E-state index contributed by atoms with van der Waals surface area (Å²) in [5, 5.41) is 4.05. The van der Waals surface area contributed by atoms with Crippen molar-refractivity contribution in [1.82, 2.24) is 15.2 Å². The fraction of sp³-hybridized carbons (Fsp3) is 0.250. The van der Waals surface area contributed by atoms with E-state index >= 15 is 0 Å². The normalized spacial score (nSPS) is 16.4. The Morgan fingerprint density at radius 2 is 1.97 bits per heavy atom. The molecule has 0 saturated carbocycles. The van der Waals surface area contributed by atoms with E-state index in [4.69, 9.17) is 4.74 Å². The largest absolute Gasteiger partial charge is 0.495 e. The molecule has 0 spiro atoms. The maximum absolute atomic E-state index is 13.7. The second-order valence-corrected chi connectivity index (χ2v) is 7.80. The number of aromatic nitrogens is 1. The van der Waals surface area contributed by atoms with Crippen molar-refractivity contribution >= 4 is 34.4 Å². The van der Waals surface area contributed by atoms with Gasteiger partial charge in [-0.05, 0) is 42.5 Å². The van der Waals surface area contributed by atoms with Gasteiger partial charge in [-0.2, -0.15) is 0 Å². The van der Waals surface area contributed by atoms with E-state index in [0.29, 0.717) is 30.9 Å². The van der Waals surface area contributed by atoms with Crippen molar-refractivity contribution in [3.63, 3.8) is 0 Å². The molecule has 1 amide bonds. The van der Waals surface area contributed by atoms with Crippen LogP contribution in [0.2, 0.25) is 0 Å². The number of aromatic amines is 1. The van der Waals surface area contributed by atoms with Crippen LogP contribution in [0.3, 0.4) is 0 Å². The van der Waals surface area contributed by atoms with Gasteiger partial charge in [-0.15, -0.1) is 0 Å². The van der Waals surface area contributed by atoms with Gasteiger partial charge in [-0.3, -0.25) is 9.79 Å². The minimum absolute atomic E-state index is 0.00460. The Hall–Kier alpha value is -3.65. The lowest BCUT2D eigenvalue weighted by Gasteiger charge is -2.30. The molecule has 1 fully saturated rings. The van der Waals surface area contributed by atoms with Gasteiger partial charge in [-0.25, -0.2) is 4.39 Å². The molecule has 0 atom stereocenters. The van der Waals surface area contributed by atoms with Crippen LogP contribution in [0.4, 0.5) is 10.1 Å². The summed E-state index contributed by atoms with van der Waals surface area (Å²) in [5.74, 6) is 0.335. The number of rotatable bonds is 4. The highest BCUT2D eigenvalue weighted by Crippen LogP contribution is 2.36. The molecule has 0 radical (unpaired) electrons. The fourth-order valence-corrected chi connectivity index (χ4v) is 4.19. The molecule has 0 bridgehead atoms. The summed E-state index contributed by atoms with van der Waals surface area (Å²) in [4.78, 5) is 24.5. The Kier molecular flexibility index (Phi) is 5.36. The van der Waals surface area contributed by atoms with Gasteiger partial charge < -0.3 is 24.8 Å². The summed E-state index contributed by atoms with van der Waals surface area (Å²) >= 11 is 0. The Bertz CT molecular complexity index is 1230. The molecule has 1 aromatic heterocycles. The molecule has 2 aliphatic heterocycles. The summed E-state index contributed by atoms with van der Waals surface area (Å²) in [5.41, 5.74) is 3.94. The van der Waals surface area contributed by atoms with Crippen LogP contribution < -0.4 is 15.0 Å². The van der Waals surface area contributed by atoms with Gasteiger partial charge in [0.2, 0.25) is 0 Å². The van der Waals surface area contributed by atoms with Gasteiger partial charge in [-0.1, -0.05) is 0 Å². The smallest absolute Gasteiger partial charge is 0.254 e. The standard InChI is InChI=1S/C24H24FN5O2/c1-32-23-14-16(24(31)29-9-6-26-7-10-29)2-5-21(23)30-11-8-27-15-22(30)20-13-17-12-18(25)3-4-19(17)28-20/h2-5,8,12-15,26,28H,6-7,9-11H2,1H3. The van der Waals surface area contributed by atoms with E-state index in [1.165, 1.54) is 12.1 Å². The number of hydrogen-bond donors (Lipinski definition) is 2. The molecule has 3 aromatic rings. The van der Waals surface area contributed by atoms with Gasteiger partial charge in [0, 0.05) is 48.9 Å². The van der Waals surface area contributed by atoms with Crippen molar-refractivity contribution in [1.29, 1.82) is 0 Å². The van der Waals surface area contributed by atoms with E-state index < -0.39 is 0 Å². The first-order valence-corrected chi connectivity index (χ1v) is 10.6. The molecule has 3 heterocycles. The number of piperazine rings is 1. The number of benzene rings is 2. The zero-order chi connectivity index (χ0) is 22.1. The highest BCUT2D eigenvalue weighted by atomic mass is 19.1. The van der Waals surface area contributed by atoms with E-state index in [1.54, 1.807) is 25.4 Å². The van der Waals surface area contributed by atoms with Crippen LogP contribution >= 0.6 is 0 Å². The third-order valence-electron chi connectivity index (χ3n) is 5.84. The molecular formula is C24H24FN5O2. The summed E-state index contributed by atoms with van der Waals surface area (Å²) in [6.45, 7) is 3.53. The number of aliphatic imine (C=N–C) groups is 1. The zero-order valence-corrected chi connectivity index (χ0v) is 17.8. The SMILES string of the molecule is COc1cc(C(=O)N2CCNCC2)ccc1N1CC=NC=C1c1cc2cc(F)ccc2[nH]1. The van der Waals surface area contributed by atoms with Crippen LogP contribution in [0.5, 0.6) is 5.75 Å². The van der Waals surface area contributed by atoms with Crippen LogP contribution in [0.1, 0.15) is 16.1 Å². The first kappa shape index (κ1) is 20.3. The quantitative estimate of drug-likeness (QED) is 0.663. The fourth-order valence-electron chi connectivity index (χ4n) is 4.19. The van der Waals surface area contributed by atoms with Gasteiger partial charge in [0.05, 0.1) is 36.9 Å². The van der Waals surface area contributed by atoms with Crippen molar-refractivity contribution < 1.29 is 13.9 Å². The van der Waals surface area contributed by atoms with Gasteiger partial charge in [0.15, 0.2) is 0 Å². The third-order valence-corrected chi connectivity index (χ3v) is 5.84. The maximum atomic E-state index is 13.7. The average Bonchev–Trinajstić information content (AvgIpc) is 3.27. The number of nitrogens with one attached hydrogen (secondary N) is 2. The number of amides is 1. The van der Waals surface area contributed by atoms with Crippen molar-refractivity contribution in [3.8, 4) is 5.75 Å². The number of halogens is 1. The molecule has 1 saturated heterocycles. The molecule has 2 aromatic carbocycles. The number of ether oxygens (including phenoxy) is 1. The van der Waals surface area contributed by atoms with Crippen LogP contribution in [0.15, 0.2) is 53.7 Å². The Morgan fingerprint density at radius 1 is 1.12 bits per heavy atom. The van der Waals surface area contributed by atoms with Crippen LogP contribution in [-0.2, 0) is 0 Å².